The second-order valence-electron chi connectivity index (χ2n) is 5.14. The fourth-order valence-electron chi connectivity index (χ4n) is 2.56. The topological polar surface area (TPSA) is 34.2 Å². The Kier molecular flexibility index (Phi) is 2.36. The summed E-state index contributed by atoms with van der Waals surface area (Å²) in [5.74, 6) is 1.01. The van der Waals surface area contributed by atoms with E-state index in [-0.39, 0.29) is 5.54 Å². The Balaban J connectivity index is 1.80. The molecule has 0 spiro atoms. The van der Waals surface area contributed by atoms with Crippen LogP contribution in [0.1, 0.15) is 31.0 Å². The second-order valence-corrected chi connectivity index (χ2v) is 5.14. The molecule has 0 radical (unpaired) electrons. The number of aryl methyl sites for hydroxylation is 2. The number of fused-ring (bicyclic) bond motifs is 1. The quantitative estimate of drug-likeness (QED) is 0.826. The van der Waals surface area contributed by atoms with E-state index in [9.17, 15) is 0 Å². The van der Waals surface area contributed by atoms with Crippen molar-refractivity contribution in [2.75, 3.05) is 18.5 Å². The highest BCUT2D eigenvalue weighted by atomic mass is 16.5. The number of hydrogen-bond acceptors (Lipinski definition) is 3. The molecule has 1 saturated heterocycles. The molecule has 0 amide bonds. The van der Waals surface area contributed by atoms with Crippen molar-refractivity contribution in [3.8, 4) is 0 Å². The van der Waals surface area contributed by atoms with Crippen molar-refractivity contribution in [1.82, 2.24) is 4.98 Å². The van der Waals surface area contributed by atoms with Gasteiger partial charge in [-0.1, -0.05) is 6.07 Å². The standard InChI is InChI=1S/C13H18N2O/c1-13(7-8-16-9-13)15-12-6-5-10-3-2-4-11(10)14-12/h5-6H,2-4,7-9H2,1H3,(H,14,15). The fraction of sp³-hybridized carbons (Fsp3) is 0.615. The third kappa shape index (κ3) is 1.80. The van der Waals surface area contributed by atoms with Gasteiger partial charge in [-0.05, 0) is 44.2 Å². The van der Waals surface area contributed by atoms with Crippen molar-refractivity contribution in [2.45, 2.75) is 38.1 Å². The molecule has 1 fully saturated rings. The highest BCUT2D eigenvalue weighted by Crippen LogP contribution is 2.26. The van der Waals surface area contributed by atoms with Gasteiger partial charge in [0.15, 0.2) is 0 Å². The van der Waals surface area contributed by atoms with Gasteiger partial charge >= 0.3 is 0 Å². The average molecular weight is 218 g/mol. The maximum Gasteiger partial charge on any atom is 0.126 e. The van der Waals surface area contributed by atoms with Crippen molar-refractivity contribution in [3.63, 3.8) is 0 Å². The first-order valence-corrected chi connectivity index (χ1v) is 6.10. The predicted molar refractivity (Wildman–Crippen MR) is 63.7 cm³/mol. The molecule has 3 rings (SSSR count). The smallest absolute Gasteiger partial charge is 0.126 e. The van der Waals surface area contributed by atoms with Gasteiger partial charge in [0, 0.05) is 12.3 Å². The molecular formula is C13H18N2O. The Morgan fingerprint density at radius 2 is 2.31 bits per heavy atom. The monoisotopic (exact) mass is 218 g/mol. The molecule has 16 heavy (non-hydrogen) atoms. The summed E-state index contributed by atoms with van der Waals surface area (Å²) in [4.78, 5) is 4.70. The zero-order valence-corrected chi connectivity index (χ0v) is 9.75. The van der Waals surface area contributed by atoms with Crippen LogP contribution in [-0.4, -0.2) is 23.7 Å². The fourth-order valence-corrected chi connectivity index (χ4v) is 2.56. The number of anilines is 1. The Hall–Kier alpha value is -1.09. The molecule has 3 nitrogen and oxygen atoms in total. The summed E-state index contributed by atoms with van der Waals surface area (Å²) in [5, 5.41) is 3.51. The maximum absolute atomic E-state index is 5.43. The van der Waals surface area contributed by atoms with Crippen LogP contribution in [0.3, 0.4) is 0 Å². The molecule has 1 aliphatic carbocycles. The predicted octanol–water partition coefficient (Wildman–Crippen LogP) is 2.16. The number of pyridine rings is 1. The van der Waals surface area contributed by atoms with E-state index in [1.807, 2.05) is 0 Å². The third-order valence-corrected chi connectivity index (χ3v) is 3.58. The Labute approximate surface area is 96.2 Å². The van der Waals surface area contributed by atoms with Crippen molar-refractivity contribution in [1.29, 1.82) is 0 Å². The van der Waals surface area contributed by atoms with E-state index in [1.54, 1.807) is 0 Å². The molecule has 0 aromatic carbocycles. The lowest BCUT2D eigenvalue weighted by molar-refractivity contribution is 0.185. The van der Waals surface area contributed by atoms with Crippen LogP contribution in [0.5, 0.6) is 0 Å². The molecule has 0 saturated carbocycles. The minimum atomic E-state index is 0.0693. The zero-order valence-electron chi connectivity index (χ0n) is 9.75. The van der Waals surface area contributed by atoms with Crippen LogP contribution in [0.4, 0.5) is 5.82 Å². The van der Waals surface area contributed by atoms with Gasteiger partial charge in [-0.15, -0.1) is 0 Å². The van der Waals surface area contributed by atoms with Gasteiger partial charge in [0.05, 0.1) is 12.1 Å². The van der Waals surface area contributed by atoms with E-state index in [0.717, 1.165) is 31.9 Å². The summed E-state index contributed by atoms with van der Waals surface area (Å²) >= 11 is 0. The van der Waals surface area contributed by atoms with Crippen molar-refractivity contribution < 1.29 is 4.74 Å². The van der Waals surface area contributed by atoms with Gasteiger partial charge in [0.25, 0.3) is 0 Å². The van der Waals surface area contributed by atoms with Crippen LogP contribution in [0.15, 0.2) is 12.1 Å². The van der Waals surface area contributed by atoms with Crippen molar-refractivity contribution in [3.05, 3.63) is 23.4 Å². The van der Waals surface area contributed by atoms with Crippen LogP contribution in [0.2, 0.25) is 0 Å². The third-order valence-electron chi connectivity index (χ3n) is 3.58. The molecule has 1 N–H and O–H groups in total. The molecule has 1 aromatic heterocycles. The number of hydrogen-bond donors (Lipinski definition) is 1. The molecule has 2 aliphatic rings. The minimum absolute atomic E-state index is 0.0693. The summed E-state index contributed by atoms with van der Waals surface area (Å²) < 4.78 is 5.43. The van der Waals surface area contributed by atoms with E-state index in [2.05, 4.69) is 24.4 Å². The molecule has 2 heterocycles. The normalized spacial score (nSPS) is 28.1. The van der Waals surface area contributed by atoms with Gasteiger partial charge < -0.3 is 10.1 Å². The molecule has 1 aliphatic heterocycles. The number of nitrogens with zero attached hydrogens (tertiary/aromatic N) is 1. The van der Waals surface area contributed by atoms with Crippen LogP contribution >= 0.6 is 0 Å². The van der Waals surface area contributed by atoms with Crippen LogP contribution in [0, 0.1) is 0 Å². The summed E-state index contributed by atoms with van der Waals surface area (Å²) in [7, 11) is 0. The van der Waals surface area contributed by atoms with E-state index in [0.29, 0.717) is 0 Å². The molecule has 86 valence electrons. The average Bonchev–Trinajstić information content (AvgIpc) is 2.86. The highest BCUT2D eigenvalue weighted by molar-refractivity contribution is 5.42. The first-order chi connectivity index (χ1) is 7.75. The van der Waals surface area contributed by atoms with Crippen LogP contribution in [0.25, 0.3) is 0 Å². The first-order valence-electron chi connectivity index (χ1n) is 6.10. The maximum atomic E-state index is 5.43. The van der Waals surface area contributed by atoms with Gasteiger partial charge in [-0.3, -0.25) is 0 Å². The molecular weight excluding hydrogens is 200 g/mol. The van der Waals surface area contributed by atoms with Gasteiger partial charge in [0.1, 0.15) is 5.82 Å². The lowest BCUT2D eigenvalue weighted by atomic mass is 10.0. The SMILES string of the molecule is CC1(Nc2ccc3c(n2)CCC3)CCOC1. The second kappa shape index (κ2) is 3.74. The molecule has 0 bridgehead atoms. The first kappa shape index (κ1) is 10.1. The lowest BCUT2D eigenvalue weighted by Crippen LogP contribution is -2.35. The van der Waals surface area contributed by atoms with E-state index >= 15 is 0 Å². The van der Waals surface area contributed by atoms with Crippen LogP contribution in [-0.2, 0) is 17.6 Å². The number of ether oxygens (including phenoxy) is 1. The number of rotatable bonds is 2. The summed E-state index contributed by atoms with van der Waals surface area (Å²) in [6, 6.07) is 4.32. The summed E-state index contributed by atoms with van der Waals surface area (Å²) in [6.07, 6.45) is 4.65. The Morgan fingerprint density at radius 3 is 3.12 bits per heavy atom. The highest BCUT2D eigenvalue weighted by Gasteiger charge is 2.29. The van der Waals surface area contributed by atoms with E-state index < -0.39 is 0 Å². The van der Waals surface area contributed by atoms with Gasteiger partial charge in [0.2, 0.25) is 0 Å². The molecule has 1 aromatic rings. The van der Waals surface area contributed by atoms with E-state index in [1.165, 1.54) is 24.1 Å². The van der Waals surface area contributed by atoms with E-state index in [4.69, 9.17) is 9.72 Å². The zero-order chi connectivity index (χ0) is 11.0. The Morgan fingerprint density at radius 1 is 1.38 bits per heavy atom. The van der Waals surface area contributed by atoms with Crippen molar-refractivity contribution in [2.24, 2.45) is 0 Å². The minimum Gasteiger partial charge on any atom is -0.379 e. The van der Waals surface area contributed by atoms with Gasteiger partial charge in [-0.25, -0.2) is 4.98 Å². The summed E-state index contributed by atoms with van der Waals surface area (Å²) in [6.45, 7) is 3.84. The molecule has 1 atom stereocenters. The number of aromatic nitrogens is 1. The van der Waals surface area contributed by atoms with Gasteiger partial charge in [-0.2, -0.15) is 0 Å². The van der Waals surface area contributed by atoms with Crippen LogP contribution < -0.4 is 5.32 Å². The number of nitrogens with one attached hydrogen (secondary N) is 1. The molecule has 3 heteroatoms. The van der Waals surface area contributed by atoms with Crippen molar-refractivity contribution >= 4 is 5.82 Å². The largest absolute Gasteiger partial charge is 0.379 e. The Bertz CT molecular complexity index is 397. The lowest BCUT2D eigenvalue weighted by Gasteiger charge is -2.24. The molecule has 1 unspecified atom stereocenters. The summed E-state index contributed by atoms with van der Waals surface area (Å²) in [5.41, 5.74) is 2.78.